The van der Waals surface area contributed by atoms with Gasteiger partial charge in [-0.1, -0.05) is 0 Å². The van der Waals surface area contributed by atoms with E-state index in [0.29, 0.717) is 5.56 Å². The van der Waals surface area contributed by atoms with E-state index in [1.54, 1.807) is 24.5 Å². The Morgan fingerprint density at radius 2 is 1.96 bits per heavy atom. The van der Waals surface area contributed by atoms with Crippen molar-refractivity contribution in [2.24, 2.45) is 0 Å². The van der Waals surface area contributed by atoms with Gasteiger partial charge in [0.15, 0.2) is 5.65 Å². The number of nitrogens with zero attached hydrogens (tertiary/aromatic N) is 4. The lowest BCUT2D eigenvalue weighted by atomic mass is 10.0. The standard InChI is InChI=1S/C21H23N5O/c1-14-12-15(2)23-20-18(14)5-6-19(25-20)26-11-3-4-17(13-26)24-21(27)16-7-9-22-10-8-16/h5-10,12,17H,3-4,11,13H2,1-2H3,(H,24,27). The second-order valence-electron chi connectivity index (χ2n) is 7.12. The number of rotatable bonds is 3. The molecule has 1 aliphatic heterocycles. The first-order chi connectivity index (χ1) is 13.1. The predicted molar refractivity (Wildman–Crippen MR) is 106 cm³/mol. The van der Waals surface area contributed by atoms with E-state index in [0.717, 1.165) is 48.5 Å². The van der Waals surface area contributed by atoms with Crippen molar-refractivity contribution < 1.29 is 4.79 Å². The summed E-state index contributed by atoms with van der Waals surface area (Å²) in [6, 6.07) is 9.80. The monoisotopic (exact) mass is 361 g/mol. The first-order valence-corrected chi connectivity index (χ1v) is 9.31. The number of aromatic nitrogens is 3. The number of carbonyl (C=O) groups is 1. The Labute approximate surface area is 158 Å². The molecule has 0 saturated carbocycles. The molecular weight excluding hydrogens is 338 g/mol. The molecule has 3 aromatic rings. The molecule has 1 N–H and O–H groups in total. The van der Waals surface area contributed by atoms with Gasteiger partial charge in [-0.25, -0.2) is 9.97 Å². The molecule has 0 radical (unpaired) electrons. The minimum atomic E-state index is -0.0522. The minimum absolute atomic E-state index is 0.0522. The predicted octanol–water partition coefficient (Wildman–Crippen LogP) is 3.04. The summed E-state index contributed by atoms with van der Waals surface area (Å²) in [7, 11) is 0. The molecule has 4 heterocycles. The molecule has 1 unspecified atom stereocenters. The van der Waals surface area contributed by atoms with Crippen LogP contribution in [0.2, 0.25) is 0 Å². The van der Waals surface area contributed by atoms with Crippen LogP contribution in [0.1, 0.15) is 34.5 Å². The van der Waals surface area contributed by atoms with Gasteiger partial charge in [0.1, 0.15) is 5.82 Å². The fourth-order valence-corrected chi connectivity index (χ4v) is 3.67. The molecule has 27 heavy (non-hydrogen) atoms. The number of pyridine rings is 3. The van der Waals surface area contributed by atoms with E-state index >= 15 is 0 Å². The summed E-state index contributed by atoms with van der Waals surface area (Å²) in [6.07, 6.45) is 5.26. The summed E-state index contributed by atoms with van der Waals surface area (Å²) in [4.78, 5) is 28.0. The van der Waals surface area contributed by atoms with Gasteiger partial charge < -0.3 is 10.2 Å². The summed E-state index contributed by atoms with van der Waals surface area (Å²) in [5.74, 6) is 0.867. The van der Waals surface area contributed by atoms with Crippen molar-refractivity contribution >= 4 is 22.8 Å². The van der Waals surface area contributed by atoms with Crippen molar-refractivity contribution in [1.29, 1.82) is 0 Å². The maximum Gasteiger partial charge on any atom is 0.251 e. The topological polar surface area (TPSA) is 71.0 Å². The number of fused-ring (bicyclic) bond motifs is 1. The van der Waals surface area contributed by atoms with Crippen LogP contribution in [0.3, 0.4) is 0 Å². The van der Waals surface area contributed by atoms with Crippen LogP contribution < -0.4 is 10.2 Å². The highest BCUT2D eigenvalue weighted by atomic mass is 16.1. The fraction of sp³-hybridized carbons (Fsp3) is 0.333. The molecule has 0 spiro atoms. The van der Waals surface area contributed by atoms with Gasteiger partial charge in [0.2, 0.25) is 0 Å². The average molecular weight is 361 g/mol. The molecule has 138 valence electrons. The zero-order chi connectivity index (χ0) is 18.8. The Kier molecular flexibility index (Phi) is 4.71. The quantitative estimate of drug-likeness (QED) is 0.776. The molecule has 3 aromatic heterocycles. The van der Waals surface area contributed by atoms with E-state index in [-0.39, 0.29) is 11.9 Å². The van der Waals surface area contributed by atoms with Gasteiger partial charge in [0, 0.05) is 48.2 Å². The molecule has 6 heteroatoms. The number of amides is 1. The third kappa shape index (κ3) is 3.74. The summed E-state index contributed by atoms with van der Waals surface area (Å²) in [5, 5.41) is 4.23. The Bertz CT molecular complexity index is 973. The SMILES string of the molecule is Cc1cc(C)c2ccc(N3CCCC(NC(=O)c4ccncc4)C3)nc2n1. The number of hydrogen-bond acceptors (Lipinski definition) is 5. The summed E-state index contributed by atoms with van der Waals surface area (Å²) >= 11 is 0. The van der Waals surface area contributed by atoms with Gasteiger partial charge in [-0.05, 0) is 62.6 Å². The van der Waals surface area contributed by atoms with Crippen LogP contribution in [-0.2, 0) is 0 Å². The van der Waals surface area contributed by atoms with E-state index in [9.17, 15) is 4.79 Å². The number of carbonyl (C=O) groups excluding carboxylic acids is 1. The van der Waals surface area contributed by atoms with Crippen LogP contribution in [-0.4, -0.2) is 40.0 Å². The number of anilines is 1. The highest BCUT2D eigenvalue weighted by molar-refractivity contribution is 5.94. The Balaban J connectivity index is 1.51. The molecule has 1 aliphatic rings. The number of aryl methyl sites for hydroxylation is 2. The zero-order valence-corrected chi connectivity index (χ0v) is 15.6. The Morgan fingerprint density at radius 1 is 1.15 bits per heavy atom. The number of piperidine rings is 1. The normalized spacial score (nSPS) is 17.1. The number of nitrogens with one attached hydrogen (secondary N) is 1. The van der Waals surface area contributed by atoms with Gasteiger partial charge in [0.05, 0.1) is 0 Å². The summed E-state index contributed by atoms with van der Waals surface area (Å²) in [5.41, 5.74) is 3.59. The molecule has 1 fully saturated rings. The molecule has 0 aliphatic carbocycles. The lowest BCUT2D eigenvalue weighted by Gasteiger charge is -2.34. The van der Waals surface area contributed by atoms with Gasteiger partial charge in [-0.2, -0.15) is 0 Å². The Morgan fingerprint density at radius 3 is 2.78 bits per heavy atom. The van der Waals surface area contributed by atoms with Gasteiger partial charge in [-0.15, -0.1) is 0 Å². The maximum atomic E-state index is 12.4. The van der Waals surface area contributed by atoms with Crippen LogP contribution in [0.25, 0.3) is 11.0 Å². The highest BCUT2D eigenvalue weighted by Gasteiger charge is 2.23. The lowest BCUT2D eigenvalue weighted by Crippen LogP contribution is -2.48. The van der Waals surface area contributed by atoms with Crippen LogP contribution in [0, 0.1) is 13.8 Å². The summed E-state index contributed by atoms with van der Waals surface area (Å²) in [6.45, 7) is 5.77. The third-order valence-corrected chi connectivity index (χ3v) is 5.02. The van der Waals surface area contributed by atoms with Crippen LogP contribution >= 0.6 is 0 Å². The first-order valence-electron chi connectivity index (χ1n) is 9.31. The molecule has 1 amide bonds. The molecule has 0 bridgehead atoms. The van der Waals surface area contributed by atoms with Gasteiger partial charge in [0.25, 0.3) is 5.91 Å². The van der Waals surface area contributed by atoms with E-state index < -0.39 is 0 Å². The zero-order valence-electron chi connectivity index (χ0n) is 15.6. The minimum Gasteiger partial charge on any atom is -0.354 e. The summed E-state index contributed by atoms with van der Waals surface area (Å²) < 4.78 is 0. The van der Waals surface area contributed by atoms with E-state index in [4.69, 9.17) is 4.98 Å². The second-order valence-corrected chi connectivity index (χ2v) is 7.12. The number of hydrogen-bond donors (Lipinski definition) is 1. The fourth-order valence-electron chi connectivity index (χ4n) is 3.67. The first kappa shape index (κ1) is 17.4. The van der Waals surface area contributed by atoms with Gasteiger partial charge >= 0.3 is 0 Å². The third-order valence-electron chi connectivity index (χ3n) is 5.02. The maximum absolute atomic E-state index is 12.4. The molecule has 1 saturated heterocycles. The smallest absolute Gasteiger partial charge is 0.251 e. The van der Waals surface area contributed by atoms with E-state index in [2.05, 4.69) is 45.3 Å². The molecule has 6 nitrogen and oxygen atoms in total. The van der Waals surface area contributed by atoms with Crippen molar-refractivity contribution in [3.05, 3.63) is 59.5 Å². The van der Waals surface area contributed by atoms with Crippen molar-refractivity contribution in [1.82, 2.24) is 20.3 Å². The van der Waals surface area contributed by atoms with Crippen LogP contribution in [0.15, 0.2) is 42.7 Å². The Hall–Kier alpha value is -3.02. The van der Waals surface area contributed by atoms with Crippen LogP contribution in [0.4, 0.5) is 5.82 Å². The van der Waals surface area contributed by atoms with E-state index in [1.807, 2.05) is 6.92 Å². The average Bonchev–Trinajstić information content (AvgIpc) is 2.68. The largest absolute Gasteiger partial charge is 0.354 e. The highest BCUT2D eigenvalue weighted by Crippen LogP contribution is 2.23. The second kappa shape index (κ2) is 7.31. The van der Waals surface area contributed by atoms with Crippen molar-refractivity contribution in [2.75, 3.05) is 18.0 Å². The van der Waals surface area contributed by atoms with E-state index in [1.165, 1.54) is 5.56 Å². The van der Waals surface area contributed by atoms with Crippen LogP contribution in [0.5, 0.6) is 0 Å². The molecular formula is C21H23N5O. The lowest BCUT2D eigenvalue weighted by molar-refractivity contribution is 0.0933. The molecule has 4 rings (SSSR count). The molecule has 1 atom stereocenters. The molecule has 0 aromatic carbocycles. The van der Waals surface area contributed by atoms with Crippen molar-refractivity contribution in [3.63, 3.8) is 0 Å². The van der Waals surface area contributed by atoms with Gasteiger partial charge in [-0.3, -0.25) is 9.78 Å². The van der Waals surface area contributed by atoms with Crippen molar-refractivity contribution in [2.45, 2.75) is 32.7 Å². The van der Waals surface area contributed by atoms with Crippen molar-refractivity contribution in [3.8, 4) is 0 Å².